The fourth-order valence-electron chi connectivity index (χ4n) is 7.75. The second kappa shape index (κ2) is 43.8. The van der Waals surface area contributed by atoms with Gasteiger partial charge in [-0.05, 0) is 0 Å². The van der Waals surface area contributed by atoms with Crippen molar-refractivity contribution in [2.24, 2.45) is 5.73 Å². The molecule has 34 nitrogen and oxygen atoms in total. The summed E-state index contributed by atoms with van der Waals surface area (Å²) in [5.74, 6) is -0.969. The summed E-state index contributed by atoms with van der Waals surface area (Å²) in [5.41, 5.74) is 5.37. The summed E-state index contributed by atoms with van der Waals surface area (Å²) < 4.78 is 81.7. The Bertz CT molecular complexity index is 1500. The first-order valence-electron chi connectivity index (χ1n) is 27.5. The average Bonchev–Trinajstić information content (AvgIpc) is 3.66. The number of aliphatic hydroxyl groups is 12. The normalized spacial score (nSPS) is 29.1. The van der Waals surface area contributed by atoms with Gasteiger partial charge in [0.05, 0.1) is 164 Å². The minimum absolute atomic E-state index is 0.0161. The molecule has 488 valence electrons. The molecule has 3 amide bonds. The molecule has 3 aliphatic heterocycles. The van der Waals surface area contributed by atoms with E-state index in [1.54, 1.807) is 0 Å². The van der Waals surface area contributed by atoms with E-state index in [-0.39, 0.29) is 195 Å². The summed E-state index contributed by atoms with van der Waals surface area (Å²) in [6, 6.07) is 0. The van der Waals surface area contributed by atoms with E-state index >= 15 is 0 Å². The van der Waals surface area contributed by atoms with Crippen LogP contribution in [-0.4, -0.2) is 355 Å². The number of hydrogen-bond acceptors (Lipinski definition) is 31. The third kappa shape index (κ3) is 29.7. The number of ether oxygens (including phenoxy) is 15. The lowest BCUT2D eigenvalue weighted by atomic mass is 9.99. The van der Waals surface area contributed by atoms with Gasteiger partial charge in [-0.1, -0.05) is 0 Å². The van der Waals surface area contributed by atoms with Crippen molar-refractivity contribution in [3.8, 4) is 0 Å². The second-order valence-corrected chi connectivity index (χ2v) is 19.2. The van der Waals surface area contributed by atoms with Gasteiger partial charge in [0.2, 0.25) is 17.7 Å². The van der Waals surface area contributed by atoms with E-state index < -0.39 is 117 Å². The van der Waals surface area contributed by atoms with Crippen LogP contribution in [-0.2, 0) is 85.4 Å². The van der Waals surface area contributed by atoms with E-state index in [0.29, 0.717) is 0 Å². The average molecular weight is 1220 g/mol. The Morgan fingerprint density at radius 2 is 0.578 bits per heavy atom. The standard InChI is InChI=1S/C49H92N4O30/c50-49(28-75-7-1-34(57)51-4-10-69-13-16-72-19-22-78-46-43(66)40(63)37(60)31(25-54)81-46,29-76-8-2-35(58)52-5-11-70-14-17-73-20-23-79-47-44(67)41(64)38(61)32(26-55)82-47)30-77-9-3-36(59)53-6-12-71-15-18-74-21-24-80-48-45(68)42(65)39(62)33(27-56)83-48/h31-33,37-48,54-56,60-68H,1-30,50H2,(H,51,57)(H,52,58)(H,53,59)/t31?,32?,33?,37-,38-,39-,40?,41?,42?,43?,44?,45?,46+,47+,48+,49?/m1/s1. The van der Waals surface area contributed by atoms with Crippen LogP contribution in [0.25, 0.3) is 0 Å². The summed E-state index contributed by atoms with van der Waals surface area (Å²) in [4.78, 5) is 37.4. The quantitative estimate of drug-likeness (QED) is 0.0252. The second-order valence-electron chi connectivity index (χ2n) is 19.2. The van der Waals surface area contributed by atoms with Crippen LogP contribution >= 0.6 is 0 Å². The lowest BCUT2D eigenvalue weighted by molar-refractivity contribution is -0.302. The molecule has 3 saturated heterocycles. The fraction of sp³-hybridized carbons (Fsp3) is 0.939. The van der Waals surface area contributed by atoms with Gasteiger partial charge in [-0.2, -0.15) is 0 Å². The van der Waals surface area contributed by atoms with Crippen LogP contribution in [0.15, 0.2) is 0 Å². The van der Waals surface area contributed by atoms with Gasteiger partial charge in [0.15, 0.2) is 18.9 Å². The SMILES string of the molecule is NC(COCCC(=O)NCCOCCOCCO[C@H]1OC(CO)[C@@H](O)C(O)C1O)(COCCC(=O)NCCOCCOCCO[C@H]1OC(CO)[C@@H](O)C(O)C1O)COCCC(=O)NCCOCCOCCO[C@H]1OC(CO)[C@@H](O)C(O)C1O. The number of aliphatic hydroxyl groups excluding tert-OH is 12. The molecule has 0 aliphatic carbocycles. The Balaban J connectivity index is 1.26. The highest BCUT2D eigenvalue weighted by Gasteiger charge is 2.46. The molecule has 3 aliphatic rings. The highest BCUT2D eigenvalue weighted by molar-refractivity contribution is 5.76. The molecule has 0 saturated carbocycles. The van der Waals surface area contributed by atoms with Crippen molar-refractivity contribution < 1.29 is 147 Å². The molecule has 0 aromatic carbocycles. The smallest absolute Gasteiger partial charge is 0.222 e. The molecular formula is C49H92N4O30. The maximum absolute atomic E-state index is 12.5. The molecule has 3 rings (SSSR count). The summed E-state index contributed by atoms with van der Waals surface area (Å²) in [7, 11) is 0. The first-order valence-corrected chi connectivity index (χ1v) is 27.5. The van der Waals surface area contributed by atoms with Gasteiger partial charge in [-0.25, -0.2) is 0 Å². The number of nitrogens with one attached hydrogen (secondary N) is 3. The van der Waals surface area contributed by atoms with Gasteiger partial charge >= 0.3 is 0 Å². The van der Waals surface area contributed by atoms with Crippen molar-refractivity contribution in [3.63, 3.8) is 0 Å². The summed E-state index contributed by atoms with van der Waals surface area (Å²) in [6.07, 6.45) is -20.8. The van der Waals surface area contributed by atoms with Crippen molar-refractivity contribution in [3.05, 3.63) is 0 Å². The molecule has 0 spiro atoms. The largest absolute Gasteiger partial charge is 0.394 e. The molecule has 83 heavy (non-hydrogen) atoms. The van der Waals surface area contributed by atoms with E-state index in [0.717, 1.165) is 0 Å². The van der Waals surface area contributed by atoms with E-state index in [1.807, 2.05) is 0 Å². The monoisotopic (exact) mass is 1220 g/mol. The molecule has 34 heteroatoms. The molecule has 17 N–H and O–H groups in total. The molecular weight excluding hydrogens is 1120 g/mol. The first kappa shape index (κ1) is 74.5. The lowest BCUT2D eigenvalue weighted by Crippen LogP contribution is -2.59. The Hall–Kier alpha value is -2.71. The van der Waals surface area contributed by atoms with Crippen molar-refractivity contribution >= 4 is 17.7 Å². The van der Waals surface area contributed by atoms with Gasteiger partial charge in [0.1, 0.15) is 73.2 Å². The Morgan fingerprint density at radius 3 is 0.831 bits per heavy atom. The number of rotatable bonds is 48. The predicted molar refractivity (Wildman–Crippen MR) is 276 cm³/mol. The Kier molecular flexibility index (Phi) is 39.4. The molecule has 3 fully saturated rings. The molecule has 15 atom stereocenters. The van der Waals surface area contributed by atoms with Crippen LogP contribution in [0.5, 0.6) is 0 Å². The van der Waals surface area contributed by atoms with E-state index in [9.17, 15) is 75.7 Å². The number of carbonyl (C=O) groups excluding carboxylic acids is 3. The van der Waals surface area contributed by atoms with E-state index in [1.165, 1.54) is 0 Å². The van der Waals surface area contributed by atoms with Crippen LogP contribution in [0, 0.1) is 0 Å². The molecule has 0 bridgehead atoms. The Labute approximate surface area is 480 Å². The van der Waals surface area contributed by atoms with Gasteiger partial charge < -0.3 is 154 Å². The van der Waals surface area contributed by atoms with Gasteiger partial charge in [-0.3, -0.25) is 14.4 Å². The van der Waals surface area contributed by atoms with Crippen LogP contribution in [0.2, 0.25) is 0 Å². The number of hydrogen-bond donors (Lipinski definition) is 16. The van der Waals surface area contributed by atoms with E-state index in [2.05, 4.69) is 16.0 Å². The first-order chi connectivity index (χ1) is 40.0. The minimum atomic E-state index is -1.55. The van der Waals surface area contributed by atoms with Crippen molar-refractivity contribution in [2.75, 3.05) is 178 Å². The van der Waals surface area contributed by atoms with Crippen LogP contribution < -0.4 is 21.7 Å². The maximum atomic E-state index is 12.5. The van der Waals surface area contributed by atoms with Gasteiger partial charge in [-0.15, -0.1) is 0 Å². The highest BCUT2D eigenvalue weighted by Crippen LogP contribution is 2.24. The predicted octanol–water partition coefficient (Wildman–Crippen LogP) is -10.2. The Morgan fingerprint density at radius 1 is 0.337 bits per heavy atom. The van der Waals surface area contributed by atoms with Crippen molar-refractivity contribution in [2.45, 2.75) is 117 Å². The summed E-state index contributed by atoms with van der Waals surface area (Å²) >= 11 is 0. The summed E-state index contributed by atoms with van der Waals surface area (Å²) in [6.45, 7) is 0.354. The third-order valence-corrected chi connectivity index (χ3v) is 12.5. The highest BCUT2D eigenvalue weighted by atomic mass is 16.7. The van der Waals surface area contributed by atoms with Crippen molar-refractivity contribution in [1.29, 1.82) is 0 Å². The number of carbonyl (C=O) groups is 3. The van der Waals surface area contributed by atoms with Crippen LogP contribution in [0.1, 0.15) is 19.3 Å². The molecule has 0 aromatic rings. The van der Waals surface area contributed by atoms with Gasteiger partial charge in [0, 0.05) is 38.9 Å². The van der Waals surface area contributed by atoms with Crippen molar-refractivity contribution in [1.82, 2.24) is 16.0 Å². The molecule has 3 heterocycles. The number of amides is 3. The summed E-state index contributed by atoms with van der Waals surface area (Å²) in [5, 5.41) is 125. The lowest BCUT2D eigenvalue weighted by Gasteiger charge is -2.39. The maximum Gasteiger partial charge on any atom is 0.222 e. The third-order valence-electron chi connectivity index (χ3n) is 12.5. The zero-order valence-electron chi connectivity index (χ0n) is 46.7. The molecule has 0 aromatic heterocycles. The number of nitrogens with two attached hydrogens (primary N) is 1. The fourth-order valence-corrected chi connectivity index (χ4v) is 7.75. The zero-order chi connectivity index (χ0) is 60.8. The van der Waals surface area contributed by atoms with Crippen LogP contribution in [0.3, 0.4) is 0 Å². The topological polar surface area (TPSA) is 495 Å². The zero-order valence-corrected chi connectivity index (χ0v) is 46.7. The van der Waals surface area contributed by atoms with Gasteiger partial charge in [0.25, 0.3) is 0 Å². The molecule has 0 radical (unpaired) electrons. The van der Waals surface area contributed by atoms with Crippen LogP contribution in [0.4, 0.5) is 0 Å². The van der Waals surface area contributed by atoms with E-state index in [4.69, 9.17) is 76.8 Å². The minimum Gasteiger partial charge on any atom is -0.394 e. The molecule has 9 unspecified atom stereocenters.